The molecule has 0 bridgehead atoms. The van der Waals surface area contributed by atoms with E-state index in [0.717, 1.165) is 27.9 Å². The third kappa shape index (κ3) is 4.76. The number of halogens is 1. The number of rotatable bonds is 4. The topological polar surface area (TPSA) is 83.8 Å². The summed E-state index contributed by atoms with van der Waals surface area (Å²) in [6, 6.07) is 12.2. The normalized spacial score (nSPS) is 21.7. The van der Waals surface area contributed by atoms with Crippen molar-refractivity contribution in [1.82, 2.24) is 10.3 Å². The maximum Gasteiger partial charge on any atom is 0.185 e. The summed E-state index contributed by atoms with van der Waals surface area (Å²) in [6.07, 6.45) is 8.48. The second-order valence-electron chi connectivity index (χ2n) is 7.30. The second kappa shape index (κ2) is 9.38. The van der Waals surface area contributed by atoms with Crippen LogP contribution in [0.15, 0.2) is 91.4 Å². The molecular formula is C23H23BrN4O2S. The largest absolute Gasteiger partial charge is 0.298 e. The van der Waals surface area contributed by atoms with Crippen LogP contribution < -0.4 is 5.32 Å². The third-order valence-corrected chi connectivity index (χ3v) is 7.76. The van der Waals surface area contributed by atoms with Crippen molar-refractivity contribution >= 4 is 37.8 Å². The molecule has 2 atom stereocenters. The summed E-state index contributed by atoms with van der Waals surface area (Å²) in [5.74, 6) is 0.673. The summed E-state index contributed by atoms with van der Waals surface area (Å²) < 4.78 is 27.5. The van der Waals surface area contributed by atoms with Crippen LogP contribution >= 0.6 is 15.9 Å². The zero-order chi connectivity index (χ0) is 21.8. The van der Waals surface area contributed by atoms with Crippen molar-refractivity contribution in [2.45, 2.75) is 36.0 Å². The predicted molar refractivity (Wildman–Crippen MR) is 127 cm³/mol. The molecule has 1 aromatic carbocycles. The van der Waals surface area contributed by atoms with Crippen LogP contribution in [0.2, 0.25) is 0 Å². The first kappa shape index (κ1) is 21.8. The minimum Gasteiger partial charge on any atom is -0.298 e. The van der Waals surface area contributed by atoms with Gasteiger partial charge < -0.3 is 0 Å². The Morgan fingerprint density at radius 1 is 1.23 bits per heavy atom. The van der Waals surface area contributed by atoms with Gasteiger partial charge in [-0.05, 0) is 54.8 Å². The first-order valence-electron chi connectivity index (χ1n) is 10.1. The van der Waals surface area contributed by atoms with Crippen molar-refractivity contribution in [3.63, 3.8) is 0 Å². The SMILES string of the molecule is CC/C=N\C1=NC2=CCC(S(=O)(=O)c3ccc(Br)cc3)C=C2C(c2ccccn2)NC1. The molecule has 0 saturated heterocycles. The van der Waals surface area contributed by atoms with Crippen LogP contribution in [0.4, 0.5) is 0 Å². The lowest BCUT2D eigenvalue weighted by Crippen LogP contribution is -2.29. The van der Waals surface area contributed by atoms with E-state index in [0.29, 0.717) is 23.7 Å². The molecular weight excluding hydrogens is 476 g/mol. The molecule has 160 valence electrons. The minimum atomic E-state index is -3.54. The highest BCUT2D eigenvalue weighted by molar-refractivity contribution is 9.10. The molecule has 1 N–H and O–H groups in total. The summed E-state index contributed by atoms with van der Waals surface area (Å²) in [4.78, 5) is 14.0. The van der Waals surface area contributed by atoms with E-state index in [2.05, 4.69) is 31.2 Å². The van der Waals surface area contributed by atoms with Gasteiger partial charge in [-0.1, -0.05) is 41.1 Å². The van der Waals surface area contributed by atoms with Gasteiger partial charge in [0.1, 0.15) is 5.84 Å². The van der Waals surface area contributed by atoms with Gasteiger partial charge in [-0.3, -0.25) is 10.3 Å². The van der Waals surface area contributed by atoms with Gasteiger partial charge in [-0.25, -0.2) is 18.4 Å². The molecule has 31 heavy (non-hydrogen) atoms. The lowest BCUT2D eigenvalue weighted by Gasteiger charge is -2.25. The first-order chi connectivity index (χ1) is 15.0. The maximum atomic E-state index is 13.3. The number of aromatic nitrogens is 1. The highest BCUT2D eigenvalue weighted by Crippen LogP contribution is 2.36. The molecule has 1 aromatic heterocycles. The second-order valence-corrected chi connectivity index (χ2v) is 10.4. The lowest BCUT2D eigenvalue weighted by molar-refractivity contribution is 0.585. The van der Waals surface area contributed by atoms with Gasteiger partial charge in [0.05, 0.1) is 34.1 Å². The Morgan fingerprint density at radius 3 is 2.74 bits per heavy atom. The Balaban J connectivity index is 1.76. The van der Waals surface area contributed by atoms with Gasteiger partial charge in [0, 0.05) is 16.9 Å². The number of nitrogens with zero attached hydrogens (tertiary/aromatic N) is 3. The van der Waals surface area contributed by atoms with E-state index in [4.69, 9.17) is 4.99 Å². The number of pyridine rings is 1. The van der Waals surface area contributed by atoms with E-state index in [1.54, 1.807) is 30.5 Å². The number of allylic oxidation sites excluding steroid dienone is 1. The number of benzene rings is 1. The molecule has 2 aliphatic rings. The van der Waals surface area contributed by atoms with Crippen LogP contribution in [0.3, 0.4) is 0 Å². The Hall–Kier alpha value is -2.42. The Kier molecular flexibility index (Phi) is 6.60. The Morgan fingerprint density at radius 2 is 2.03 bits per heavy atom. The quantitative estimate of drug-likeness (QED) is 0.632. The number of sulfone groups is 1. The fraction of sp³-hybridized carbons (Fsp3) is 0.261. The zero-order valence-corrected chi connectivity index (χ0v) is 19.5. The number of hydrogen-bond donors (Lipinski definition) is 1. The molecule has 2 aromatic rings. The van der Waals surface area contributed by atoms with Crippen molar-refractivity contribution in [3.8, 4) is 0 Å². The highest BCUT2D eigenvalue weighted by atomic mass is 79.9. The summed E-state index contributed by atoms with van der Waals surface area (Å²) in [5.41, 5.74) is 2.39. The van der Waals surface area contributed by atoms with Gasteiger partial charge in [0.2, 0.25) is 0 Å². The van der Waals surface area contributed by atoms with Gasteiger partial charge >= 0.3 is 0 Å². The Bertz CT molecular complexity index is 1170. The molecule has 0 fully saturated rings. The van der Waals surface area contributed by atoms with Gasteiger partial charge in [0.15, 0.2) is 9.84 Å². The smallest absolute Gasteiger partial charge is 0.185 e. The number of aliphatic imine (C=N–C) groups is 2. The molecule has 1 aliphatic heterocycles. The first-order valence-corrected chi connectivity index (χ1v) is 12.5. The maximum absolute atomic E-state index is 13.3. The average Bonchev–Trinajstić information content (AvgIpc) is 2.97. The summed E-state index contributed by atoms with van der Waals surface area (Å²) in [5, 5.41) is 2.79. The Labute approximate surface area is 191 Å². The molecule has 0 saturated carbocycles. The number of fused-ring (bicyclic) bond motifs is 1. The molecule has 1 aliphatic carbocycles. The monoisotopic (exact) mass is 498 g/mol. The molecule has 8 heteroatoms. The van der Waals surface area contributed by atoms with Crippen LogP contribution in [-0.4, -0.2) is 37.2 Å². The minimum absolute atomic E-state index is 0.270. The molecule has 4 rings (SSSR count). The predicted octanol–water partition coefficient (Wildman–Crippen LogP) is 4.42. The van der Waals surface area contributed by atoms with E-state index in [1.165, 1.54) is 0 Å². The van der Waals surface area contributed by atoms with Crippen LogP contribution in [0.25, 0.3) is 0 Å². The van der Waals surface area contributed by atoms with Crippen molar-refractivity contribution in [2.24, 2.45) is 9.98 Å². The van der Waals surface area contributed by atoms with Crippen LogP contribution in [-0.2, 0) is 9.84 Å². The average molecular weight is 499 g/mol. The molecule has 2 heterocycles. The zero-order valence-electron chi connectivity index (χ0n) is 17.1. The molecule has 0 spiro atoms. The van der Waals surface area contributed by atoms with E-state index < -0.39 is 15.1 Å². The van der Waals surface area contributed by atoms with Gasteiger partial charge in [0.25, 0.3) is 0 Å². The fourth-order valence-electron chi connectivity index (χ4n) is 3.63. The molecule has 2 unspecified atom stereocenters. The number of amidine groups is 1. The van der Waals surface area contributed by atoms with Crippen LogP contribution in [0.5, 0.6) is 0 Å². The van der Waals surface area contributed by atoms with E-state index in [-0.39, 0.29) is 6.04 Å². The number of nitrogens with one attached hydrogen (secondary N) is 1. The van der Waals surface area contributed by atoms with E-state index in [1.807, 2.05) is 43.5 Å². The molecule has 0 radical (unpaired) electrons. The molecule has 6 nitrogen and oxygen atoms in total. The summed E-state index contributed by atoms with van der Waals surface area (Å²) >= 11 is 3.36. The van der Waals surface area contributed by atoms with Crippen molar-refractivity contribution < 1.29 is 8.42 Å². The number of hydrogen-bond acceptors (Lipinski definition) is 6. The van der Waals surface area contributed by atoms with Crippen molar-refractivity contribution in [1.29, 1.82) is 0 Å². The summed E-state index contributed by atoms with van der Waals surface area (Å²) in [6.45, 7) is 2.49. The van der Waals surface area contributed by atoms with E-state index in [9.17, 15) is 8.42 Å². The van der Waals surface area contributed by atoms with Gasteiger partial charge in [-0.15, -0.1) is 0 Å². The van der Waals surface area contributed by atoms with Crippen LogP contribution in [0, 0.1) is 0 Å². The lowest BCUT2D eigenvalue weighted by atomic mass is 9.94. The van der Waals surface area contributed by atoms with Crippen LogP contribution in [0.1, 0.15) is 31.5 Å². The third-order valence-electron chi connectivity index (χ3n) is 5.18. The summed E-state index contributed by atoms with van der Waals surface area (Å²) in [7, 11) is -3.54. The van der Waals surface area contributed by atoms with E-state index >= 15 is 0 Å². The van der Waals surface area contributed by atoms with Gasteiger partial charge in [-0.2, -0.15) is 0 Å². The van der Waals surface area contributed by atoms with Crippen molar-refractivity contribution in [2.75, 3.05) is 6.54 Å². The van der Waals surface area contributed by atoms with Crippen molar-refractivity contribution in [3.05, 3.63) is 82.3 Å². The molecule has 0 amide bonds. The highest BCUT2D eigenvalue weighted by Gasteiger charge is 2.33. The fourth-order valence-corrected chi connectivity index (χ4v) is 5.44. The standard InChI is InChI=1S/C23H23BrN4O2S/c1-2-12-26-22-15-27-23(21-5-3-4-13-25-21)19-14-18(10-11-20(19)28-22)31(29,30)17-8-6-16(24)7-9-17/h3-9,11-14,18,23,27H,2,10,15H2,1H3/b26-12-.